The molecule has 1 aliphatic rings. The van der Waals surface area contributed by atoms with Crippen LogP contribution in [0.2, 0.25) is 0 Å². The Bertz CT molecular complexity index is 1770. The first kappa shape index (κ1) is 30.1. The fourth-order valence-corrected chi connectivity index (χ4v) is 5.42. The molecule has 5 aromatic rings. The van der Waals surface area contributed by atoms with Crippen LogP contribution < -0.4 is 20.1 Å². The summed E-state index contributed by atoms with van der Waals surface area (Å²) >= 11 is 3.29. The van der Waals surface area contributed by atoms with Crippen molar-refractivity contribution in [3.05, 3.63) is 124 Å². The smallest absolute Gasteiger partial charge is 0.410 e. The van der Waals surface area contributed by atoms with Crippen LogP contribution in [-0.2, 0) is 0 Å². The number of carbonyl (C=O) groups excluding carboxylic acids is 1. The van der Waals surface area contributed by atoms with E-state index in [1.807, 2.05) is 0 Å². The van der Waals surface area contributed by atoms with Crippen LogP contribution in [-0.4, -0.2) is 21.9 Å². The molecule has 0 aliphatic carbocycles. The molecular weight excluding hydrogens is 663 g/mol. The Kier molecular flexibility index (Phi) is 8.19. The van der Waals surface area contributed by atoms with Gasteiger partial charge in [0.2, 0.25) is 0 Å². The Balaban J connectivity index is 1.31. The normalized spacial score (nSPS) is 16.0. The molecule has 2 atom stereocenters. The van der Waals surface area contributed by atoms with E-state index < -0.39 is 35.8 Å². The zero-order chi connectivity index (χ0) is 31.7. The molecule has 2 N–H and O–H groups in total. The van der Waals surface area contributed by atoms with E-state index >= 15 is 0 Å². The predicted octanol–water partition coefficient (Wildman–Crippen LogP) is 9.42. The molecule has 4 aromatic carbocycles. The van der Waals surface area contributed by atoms with Crippen LogP contribution in [0.5, 0.6) is 23.0 Å². The molecule has 6 rings (SSSR count). The Morgan fingerprint density at radius 2 is 1.40 bits per heavy atom. The topological polar surface area (TPSA) is 77.4 Å². The van der Waals surface area contributed by atoms with Crippen LogP contribution in [0.1, 0.15) is 34.6 Å². The van der Waals surface area contributed by atoms with Crippen molar-refractivity contribution in [2.75, 3.05) is 10.6 Å². The predicted molar refractivity (Wildman–Crippen MR) is 160 cm³/mol. The maximum Gasteiger partial charge on any atom is 0.410 e. The van der Waals surface area contributed by atoms with E-state index in [9.17, 15) is 26.7 Å². The lowest BCUT2D eigenvalue weighted by Crippen LogP contribution is -2.35. The third-order valence-corrected chi connectivity index (χ3v) is 7.70. The van der Waals surface area contributed by atoms with Gasteiger partial charge in [-0.15, -0.1) is 0 Å². The van der Waals surface area contributed by atoms with Gasteiger partial charge in [0.25, 0.3) is 5.91 Å². The highest BCUT2D eigenvalue weighted by Gasteiger charge is 2.47. The monoisotopic (exact) mass is 684 g/mol. The van der Waals surface area contributed by atoms with Gasteiger partial charge in [0.05, 0.1) is 10.5 Å². The molecule has 0 saturated heterocycles. The molecule has 13 heteroatoms. The summed E-state index contributed by atoms with van der Waals surface area (Å²) in [5.41, 5.74) is 0.521. The minimum atomic E-state index is -4.64. The number of amides is 1. The van der Waals surface area contributed by atoms with Gasteiger partial charge in [-0.05, 0) is 70.0 Å². The second-order valence-electron chi connectivity index (χ2n) is 10.1. The maximum absolute atomic E-state index is 14.2. The average molecular weight is 685 g/mol. The number of rotatable bonds is 7. The number of nitrogens with one attached hydrogen (secondary N) is 2. The quantitative estimate of drug-likeness (QED) is 0.167. The highest BCUT2D eigenvalue weighted by molar-refractivity contribution is 9.10. The van der Waals surface area contributed by atoms with Gasteiger partial charge < -0.3 is 20.1 Å². The van der Waals surface area contributed by atoms with Gasteiger partial charge in [-0.25, -0.2) is 13.5 Å². The summed E-state index contributed by atoms with van der Waals surface area (Å²) in [7, 11) is 0. The molecule has 45 heavy (non-hydrogen) atoms. The first-order chi connectivity index (χ1) is 21.5. The molecule has 230 valence electrons. The Morgan fingerprint density at radius 1 is 0.844 bits per heavy atom. The Labute approximate surface area is 261 Å². The minimum Gasteiger partial charge on any atom is -0.457 e. The fourth-order valence-electron chi connectivity index (χ4n) is 4.87. The van der Waals surface area contributed by atoms with Crippen LogP contribution in [0.3, 0.4) is 0 Å². The molecule has 2 heterocycles. The number of benzene rings is 4. The lowest BCUT2D eigenvalue weighted by molar-refractivity contribution is -0.173. The van der Waals surface area contributed by atoms with Gasteiger partial charge in [0.15, 0.2) is 11.7 Å². The summed E-state index contributed by atoms with van der Waals surface area (Å²) in [6, 6.07) is 20.9. The van der Waals surface area contributed by atoms with Crippen LogP contribution in [0, 0.1) is 11.6 Å². The van der Waals surface area contributed by atoms with Crippen molar-refractivity contribution < 1.29 is 36.2 Å². The number of halogens is 6. The molecular formula is C32H22BrF5N4O3. The molecule has 0 unspecified atom stereocenters. The lowest BCUT2D eigenvalue weighted by Gasteiger charge is -2.33. The second kappa shape index (κ2) is 12.2. The van der Waals surface area contributed by atoms with Gasteiger partial charge in [0.1, 0.15) is 40.5 Å². The fraction of sp³-hybridized carbons (Fsp3) is 0.125. The van der Waals surface area contributed by atoms with Gasteiger partial charge in [0, 0.05) is 30.3 Å². The zero-order valence-corrected chi connectivity index (χ0v) is 24.6. The van der Waals surface area contributed by atoms with E-state index in [0.717, 1.165) is 4.68 Å². The van der Waals surface area contributed by atoms with Crippen molar-refractivity contribution in [1.82, 2.24) is 9.78 Å². The molecule has 1 amide bonds. The third kappa shape index (κ3) is 6.78. The average Bonchev–Trinajstić information content (AvgIpc) is 3.35. The molecule has 0 bridgehead atoms. The maximum atomic E-state index is 14.2. The molecule has 0 fully saturated rings. The van der Waals surface area contributed by atoms with E-state index in [4.69, 9.17) is 9.47 Å². The van der Waals surface area contributed by atoms with Gasteiger partial charge >= 0.3 is 6.18 Å². The van der Waals surface area contributed by atoms with E-state index in [2.05, 4.69) is 31.7 Å². The van der Waals surface area contributed by atoms with E-state index in [-0.39, 0.29) is 51.1 Å². The second-order valence-corrected chi connectivity index (χ2v) is 10.9. The molecule has 1 aromatic heterocycles. The number of hydrogen-bond donors (Lipinski definition) is 2. The van der Waals surface area contributed by atoms with Crippen LogP contribution in [0.4, 0.5) is 33.5 Å². The van der Waals surface area contributed by atoms with Crippen molar-refractivity contribution in [1.29, 1.82) is 0 Å². The van der Waals surface area contributed by atoms with Gasteiger partial charge in [-0.2, -0.15) is 18.3 Å². The van der Waals surface area contributed by atoms with E-state index in [0.29, 0.717) is 5.56 Å². The number of nitrogens with zero attached hydrogens (tertiary/aromatic N) is 2. The van der Waals surface area contributed by atoms with E-state index in [1.54, 1.807) is 30.3 Å². The molecule has 0 radical (unpaired) electrons. The standard InChI is InChI=1S/C32H22BrF5N4O3/c33-28-29(41-42-27(32(36,37)38)17-26(40-30(28)42)18-4-2-1-3-5-18)31(43)39-21-14-24(44-22-10-6-19(34)7-11-22)16-25(15-21)45-23-12-8-20(35)9-13-23/h1-16,26-27,40H,17H2,(H,39,43)/t26-,27+/m1/s1. The molecule has 7 nitrogen and oxygen atoms in total. The Morgan fingerprint density at radius 3 is 1.93 bits per heavy atom. The lowest BCUT2D eigenvalue weighted by atomic mass is 9.97. The summed E-state index contributed by atoms with van der Waals surface area (Å²) in [5, 5.41) is 9.79. The first-order valence-corrected chi connectivity index (χ1v) is 14.3. The number of aromatic nitrogens is 2. The number of fused-ring (bicyclic) bond motifs is 1. The van der Waals surface area contributed by atoms with Crippen molar-refractivity contribution in [2.45, 2.75) is 24.7 Å². The van der Waals surface area contributed by atoms with Gasteiger partial charge in [-0.3, -0.25) is 4.79 Å². The van der Waals surface area contributed by atoms with Crippen LogP contribution >= 0.6 is 15.9 Å². The third-order valence-electron chi connectivity index (χ3n) is 6.95. The van der Waals surface area contributed by atoms with E-state index in [1.165, 1.54) is 66.7 Å². The zero-order valence-electron chi connectivity index (χ0n) is 23.0. The van der Waals surface area contributed by atoms with Crippen molar-refractivity contribution in [3.8, 4) is 23.0 Å². The number of hydrogen-bond acceptors (Lipinski definition) is 5. The van der Waals surface area contributed by atoms with Crippen LogP contribution in [0.15, 0.2) is 102 Å². The number of ether oxygens (including phenoxy) is 2. The van der Waals surface area contributed by atoms with Gasteiger partial charge in [-0.1, -0.05) is 30.3 Å². The largest absolute Gasteiger partial charge is 0.457 e. The number of alkyl halides is 3. The molecule has 0 saturated carbocycles. The summed E-state index contributed by atoms with van der Waals surface area (Å²) in [4.78, 5) is 13.5. The summed E-state index contributed by atoms with van der Waals surface area (Å²) in [5.74, 6) is -0.785. The molecule has 1 aliphatic heterocycles. The highest BCUT2D eigenvalue weighted by atomic mass is 79.9. The van der Waals surface area contributed by atoms with Crippen LogP contribution in [0.25, 0.3) is 0 Å². The first-order valence-electron chi connectivity index (χ1n) is 13.5. The highest BCUT2D eigenvalue weighted by Crippen LogP contribution is 2.46. The summed E-state index contributed by atoms with van der Waals surface area (Å²) in [6.07, 6.45) is -4.97. The molecule has 0 spiro atoms. The van der Waals surface area contributed by atoms with Crippen molar-refractivity contribution in [2.24, 2.45) is 0 Å². The number of carbonyl (C=O) groups is 1. The summed E-state index contributed by atoms with van der Waals surface area (Å²) < 4.78 is 82.0. The SMILES string of the molecule is O=C(Nc1cc(Oc2ccc(F)cc2)cc(Oc2ccc(F)cc2)c1)c1nn2c(c1Br)N[C@@H](c1ccccc1)C[C@H]2C(F)(F)F. The van der Waals surface area contributed by atoms with Crippen molar-refractivity contribution in [3.63, 3.8) is 0 Å². The van der Waals surface area contributed by atoms with Crippen molar-refractivity contribution >= 4 is 33.3 Å². The number of anilines is 2. The Hall–Kier alpha value is -4.91. The minimum absolute atomic E-state index is 0.0105. The summed E-state index contributed by atoms with van der Waals surface area (Å²) in [6.45, 7) is 0.